The second-order valence-electron chi connectivity index (χ2n) is 5.24. The Morgan fingerprint density at radius 3 is 2.48 bits per heavy atom. The number of hydrogen-bond donors (Lipinski definition) is 2. The lowest BCUT2D eigenvalue weighted by molar-refractivity contribution is -0.119. The van der Waals surface area contributed by atoms with Crippen molar-refractivity contribution in [2.24, 2.45) is 5.10 Å². The number of carbonyl (C=O) groups is 1. The number of benzene rings is 2. The van der Waals surface area contributed by atoms with Crippen LogP contribution in [0, 0.1) is 6.92 Å². The summed E-state index contributed by atoms with van der Waals surface area (Å²) in [5.74, 6) is 1.000. The van der Waals surface area contributed by atoms with Crippen LogP contribution in [0.1, 0.15) is 11.1 Å². The fourth-order valence-electron chi connectivity index (χ4n) is 2.05. The van der Waals surface area contributed by atoms with Gasteiger partial charge in [0, 0.05) is 17.3 Å². The number of hydrazone groups is 1. The van der Waals surface area contributed by atoms with Crippen molar-refractivity contribution < 1.29 is 14.3 Å². The van der Waals surface area contributed by atoms with Gasteiger partial charge in [0.1, 0.15) is 11.5 Å². The number of rotatable bonds is 7. The molecule has 0 heterocycles. The Bertz CT molecular complexity index is 761. The number of anilines is 1. The molecule has 1 amide bonds. The van der Waals surface area contributed by atoms with E-state index in [1.165, 1.54) is 11.8 Å². The van der Waals surface area contributed by atoms with Crippen molar-refractivity contribution in [2.75, 3.05) is 26.1 Å². The first-order valence-corrected chi connectivity index (χ1v) is 8.36. The molecule has 0 radical (unpaired) electrons. The van der Waals surface area contributed by atoms with Gasteiger partial charge in [-0.25, -0.2) is 5.43 Å². The molecule has 25 heavy (non-hydrogen) atoms. The maximum Gasteiger partial charge on any atom is 0.259 e. The first kappa shape index (κ1) is 18.8. The highest BCUT2D eigenvalue weighted by Gasteiger charge is 2.08. The van der Waals surface area contributed by atoms with Gasteiger partial charge in [-0.05, 0) is 41.1 Å². The van der Waals surface area contributed by atoms with Gasteiger partial charge >= 0.3 is 0 Å². The minimum Gasteiger partial charge on any atom is -0.496 e. The van der Waals surface area contributed by atoms with Crippen molar-refractivity contribution >= 4 is 33.7 Å². The largest absolute Gasteiger partial charge is 0.496 e. The molecule has 0 aromatic heterocycles. The molecule has 0 saturated carbocycles. The van der Waals surface area contributed by atoms with E-state index in [-0.39, 0.29) is 12.5 Å². The molecule has 0 aliphatic rings. The molecule has 0 saturated heterocycles. The van der Waals surface area contributed by atoms with Crippen LogP contribution in [0.5, 0.6) is 11.5 Å². The van der Waals surface area contributed by atoms with E-state index >= 15 is 0 Å². The Kier molecular flexibility index (Phi) is 6.82. The molecule has 7 heteroatoms. The predicted molar refractivity (Wildman–Crippen MR) is 103 cm³/mol. The highest BCUT2D eigenvalue weighted by atomic mass is 79.9. The van der Waals surface area contributed by atoms with Crippen LogP contribution in [0.25, 0.3) is 0 Å². The van der Waals surface area contributed by atoms with Gasteiger partial charge in [0.05, 0.1) is 31.5 Å². The zero-order chi connectivity index (χ0) is 18.2. The van der Waals surface area contributed by atoms with Crippen molar-refractivity contribution in [3.63, 3.8) is 0 Å². The maximum absolute atomic E-state index is 11.8. The van der Waals surface area contributed by atoms with Crippen LogP contribution >= 0.6 is 15.9 Å². The molecule has 0 fully saturated rings. The molecule has 2 aromatic rings. The van der Waals surface area contributed by atoms with Gasteiger partial charge in [0.2, 0.25) is 0 Å². The van der Waals surface area contributed by atoms with E-state index in [4.69, 9.17) is 9.47 Å². The lowest BCUT2D eigenvalue weighted by Gasteiger charge is -2.09. The molecule has 0 bridgehead atoms. The predicted octanol–water partition coefficient (Wildman–Crippen LogP) is 3.34. The number of halogens is 1. The summed E-state index contributed by atoms with van der Waals surface area (Å²) in [5, 5.41) is 7.00. The topological polar surface area (TPSA) is 72.0 Å². The van der Waals surface area contributed by atoms with Crippen molar-refractivity contribution in [2.45, 2.75) is 6.92 Å². The third-order valence-electron chi connectivity index (χ3n) is 3.40. The molecule has 0 aliphatic carbocycles. The van der Waals surface area contributed by atoms with Gasteiger partial charge in [0.25, 0.3) is 5.91 Å². The van der Waals surface area contributed by atoms with E-state index in [0.29, 0.717) is 17.1 Å². The summed E-state index contributed by atoms with van der Waals surface area (Å²) in [7, 11) is 3.14. The molecule has 0 atom stereocenters. The molecular formula is C18H20BrN3O3. The van der Waals surface area contributed by atoms with Crippen LogP contribution in [0.15, 0.2) is 46.0 Å². The Balaban J connectivity index is 1.92. The number of hydrogen-bond acceptors (Lipinski definition) is 5. The van der Waals surface area contributed by atoms with Crippen LogP contribution in [-0.4, -0.2) is 32.9 Å². The van der Waals surface area contributed by atoms with Crippen molar-refractivity contribution in [3.05, 3.63) is 52.0 Å². The monoisotopic (exact) mass is 405 g/mol. The summed E-state index contributed by atoms with van der Waals surface area (Å²) in [5.41, 5.74) is 5.23. The van der Waals surface area contributed by atoms with E-state index in [9.17, 15) is 4.79 Å². The summed E-state index contributed by atoms with van der Waals surface area (Å²) < 4.78 is 11.3. The van der Waals surface area contributed by atoms with Crippen LogP contribution in [0.2, 0.25) is 0 Å². The molecule has 2 N–H and O–H groups in total. The molecule has 132 valence electrons. The van der Waals surface area contributed by atoms with E-state index in [1.807, 2.05) is 31.2 Å². The smallest absolute Gasteiger partial charge is 0.259 e. The van der Waals surface area contributed by atoms with Crippen LogP contribution in [0.4, 0.5) is 5.69 Å². The zero-order valence-electron chi connectivity index (χ0n) is 14.3. The number of nitrogens with zero attached hydrogens (tertiary/aromatic N) is 1. The zero-order valence-corrected chi connectivity index (χ0v) is 15.9. The van der Waals surface area contributed by atoms with Crippen LogP contribution in [0.3, 0.4) is 0 Å². The molecule has 2 aromatic carbocycles. The summed E-state index contributed by atoms with van der Waals surface area (Å²) in [4.78, 5) is 11.8. The number of methoxy groups -OCH3 is 2. The fraction of sp³-hybridized carbons (Fsp3) is 0.222. The molecule has 0 spiro atoms. The maximum atomic E-state index is 11.8. The van der Waals surface area contributed by atoms with Crippen molar-refractivity contribution in [3.8, 4) is 11.5 Å². The van der Waals surface area contributed by atoms with Gasteiger partial charge in [-0.15, -0.1) is 0 Å². The average molecular weight is 406 g/mol. The van der Waals surface area contributed by atoms with Gasteiger partial charge in [-0.2, -0.15) is 5.10 Å². The minimum atomic E-state index is -0.247. The molecule has 6 nitrogen and oxygen atoms in total. The lowest BCUT2D eigenvalue weighted by atomic mass is 10.2. The second-order valence-corrected chi connectivity index (χ2v) is 6.10. The first-order valence-electron chi connectivity index (χ1n) is 7.57. The lowest BCUT2D eigenvalue weighted by Crippen LogP contribution is -2.25. The van der Waals surface area contributed by atoms with Gasteiger partial charge in [-0.3, -0.25) is 4.79 Å². The second kappa shape index (κ2) is 9.08. The van der Waals surface area contributed by atoms with Crippen molar-refractivity contribution in [1.82, 2.24) is 5.43 Å². The number of aryl methyl sites for hydroxylation is 1. The average Bonchev–Trinajstić information content (AvgIpc) is 2.61. The number of nitrogens with one attached hydrogen (secondary N) is 2. The van der Waals surface area contributed by atoms with Gasteiger partial charge < -0.3 is 14.8 Å². The normalized spacial score (nSPS) is 10.6. The molecule has 0 unspecified atom stereocenters. The van der Waals surface area contributed by atoms with Crippen LogP contribution < -0.4 is 20.2 Å². The Morgan fingerprint density at radius 2 is 1.84 bits per heavy atom. The van der Waals surface area contributed by atoms with E-state index in [2.05, 4.69) is 31.8 Å². The number of amides is 1. The minimum absolute atomic E-state index is 0.129. The van der Waals surface area contributed by atoms with Crippen molar-refractivity contribution in [1.29, 1.82) is 0 Å². The Morgan fingerprint density at radius 1 is 1.16 bits per heavy atom. The summed E-state index contributed by atoms with van der Waals surface area (Å²) >= 11 is 3.41. The third-order valence-corrected chi connectivity index (χ3v) is 4.02. The Labute approximate surface area is 155 Å². The summed E-state index contributed by atoms with van der Waals surface area (Å²) in [6, 6.07) is 11.3. The van der Waals surface area contributed by atoms with E-state index < -0.39 is 0 Å². The quantitative estimate of drug-likeness (QED) is 0.547. The summed E-state index contributed by atoms with van der Waals surface area (Å²) in [6.45, 7) is 2.14. The molecule has 0 aliphatic heterocycles. The summed E-state index contributed by atoms with van der Waals surface area (Å²) in [6.07, 6.45) is 1.52. The van der Waals surface area contributed by atoms with Gasteiger partial charge in [-0.1, -0.05) is 17.7 Å². The van der Waals surface area contributed by atoms with E-state index in [0.717, 1.165) is 10.2 Å². The standard InChI is InChI=1S/C18H20BrN3O3/c1-12-4-6-14(7-5-12)20-11-18(23)22-21-10-13-8-15(19)17(25-3)9-16(13)24-2/h4-10,20H,11H2,1-3H3,(H,22,23)/b21-10-. The highest BCUT2D eigenvalue weighted by Crippen LogP contribution is 2.31. The first-order chi connectivity index (χ1) is 12.0. The van der Waals surface area contributed by atoms with E-state index in [1.54, 1.807) is 26.4 Å². The molecular weight excluding hydrogens is 386 g/mol. The number of ether oxygens (including phenoxy) is 2. The molecule has 2 rings (SSSR count). The van der Waals surface area contributed by atoms with Crippen LogP contribution in [-0.2, 0) is 4.79 Å². The fourth-order valence-corrected chi connectivity index (χ4v) is 2.57. The Hall–Kier alpha value is -2.54. The van der Waals surface area contributed by atoms with Gasteiger partial charge in [0.15, 0.2) is 0 Å². The SMILES string of the molecule is COc1cc(OC)c(/C=N\NC(=O)CNc2ccc(C)cc2)cc1Br. The number of carbonyl (C=O) groups excluding carboxylic acids is 1. The third kappa shape index (κ3) is 5.49. The highest BCUT2D eigenvalue weighted by molar-refractivity contribution is 9.10.